The van der Waals surface area contributed by atoms with Gasteiger partial charge in [-0.3, -0.25) is 0 Å². The topological polar surface area (TPSA) is 20.2 Å². The van der Waals surface area contributed by atoms with Gasteiger partial charge in [-0.05, 0) is 17.2 Å². The summed E-state index contributed by atoms with van der Waals surface area (Å²) in [6.45, 7) is 0. The van der Waals surface area contributed by atoms with E-state index in [2.05, 4.69) is 9.24 Å². The van der Waals surface area contributed by atoms with Crippen LogP contribution in [0.3, 0.4) is 0 Å². The van der Waals surface area contributed by atoms with E-state index in [0.717, 1.165) is 16.4 Å². The lowest BCUT2D eigenvalue weighted by Crippen LogP contribution is -1.90. The number of rotatable bonds is 1. The van der Waals surface area contributed by atoms with Gasteiger partial charge in [-0.15, -0.1) is 9.24 Å². The van der Waals surface area contributed by atoms with Crippen molar-refractivity contribution in [3.8, 4) is 16.9 Å². The molecule has 0 radical (unpaired) electrons. The monoisotopic (exact) mass is 202 g/mol. The van der Waals surface area contributed by atoms with Gasteiger partial charge in [0.05, 0.1) is 0 Å². The van der Waals surface area contributed by atoms with Crippen LogP contribution in [0.2, 0.25) is 0 Å². The summed E-state index contributed by atoms with van der Waals surface area (Å²) in [5.41, 5.74) is 2.15. The number of hydrogen-bond acceptors (Lipinski definition) is 1. The van der Waals surface area contributed by atoms with Crippen molar-refractivity contribution in [1.82, 2.24) is 0 Å². The van der Waals surface area contributed by atoms with Crippen molar-refractivity contribution >= 4 is 14.5 Å². The molecule has 0 amide bonds. The van der Waals surface area contributed by atoms with E-state index in [1.165, 1.54) is 0 Å². The Balaban J connectivity index is 2.48. The lowest BCUT2D eigenvalue weighted by Gasteiger charge is -2.03. The first-order valence-electron chi connectivity index (χ1n) is 4.41. The molecule has 1 atom stereocenters. The molecular formula is C12H11OP. The fourth-order valence-corrected chi connectivity index (χ4v) is 1.53. The SMILES string of the molecule is Oc1cc(-c2ccccc2)ccc1P. The van der Waals surface area contributed by atoms with E-state index >= 15 is 0 Å². The molecule has 2 heteroatoms. The van der Waals surface area contributed by atoms with Crippen LogP contribution in [-0.2, 0) is 0 Å². The Labute approximate surface area is 85.6 Å². The van der Waals surface area contributed by atoms with E-state index < -0.39 is 0 Å². The van der Waals surface area contributed by atoms with Gasteiger partial charge in [-0.1, -0.05) is 42.5 Å². The van der Waals surface area contributed by atoms with Gasteiger partial charge in [0.2, 0.25) is 0 Å². The molecule has 2 rings (SSSR count). The molecule has 1 nitrogen and oxygen atoms in total. The van der Waals surface area contributed by atoms with Gasteiger partial charge in [-0.25, -0.2) is 0 Å². The number of hydrogen-bond donors (Lipinski definition) is 1. The normalized spacial score (nSPS) is 10.1. The Kier molecular flexibility index (Phi) is 2.51. The quantitative estimate of drug-likeness (QED) is 0.704. The summed E-state index contributed by atoms with van der Waals surface area (Å²) in [6, 6.07) is 15.7. The summed E-state index contributed by atoms with van der Waals surface area (Å²) in [7, 11) is 2.50. The second-order valence-electron chi connectivity index (χ2n) is 3.14. The molecule has 0 aliphatic heterocycles. The van der Waals surface area contributed by atoms with Crippen molar-refractivity contribution in [3.63, 3.8) is 0 Å². The van der Waals surface area contributed by atoms with Crippen molar-refractivity contribution in [2.24, 2.45) is 0 Å². The lowest BCUT2D eigenvalue weighted by atomic mass is 10.1. The Bertz CT molecular complexity index is 437. The van der Waals surface area contributed by atoms with Crippen molar-refractivity contribution < 1.29 is 5.11 Å². The van der Waals surface area contributed by atoms with E-state index in [4.69, 9.17) is 0 Å². The number of benzene rings is 2. The van der Waals surface area contributed by atoms with Crippen LogP contribution in [0.25, 0.3) is 11.1 Å². The summed E-state index contributed by atoms with van der Waals surface area (Å²) < 4.78 is 0. The second kappa shape index (κ2) is 3.81. The summed E-state index contributed by atoms with van der Waals surface area (Å²) >= 11 is 0. The zero-order valence-electron chi connectivity index (χ0n) is 7.64. The van der Waals surface area contributed by atoms with Crippen LogP contribution in [0.15, 0.2) is 48.5 Å². The summed E-state index contributed by atoms with van der Waals surface area (Å²) in [6.07, 6.45) is 0. The number of aromatic hydroxyl groups is 1. The highest BCUT2D eigenvalue weighted by atomic mass is 31.0. The summed E-state index contributed by atoms with van der Waals surface area (Å²) in [5, 5.41) is 10.4. The Morgan fingerprint density at radius 1 is 0.857 bits per heavy atom. The van der Waals surface area contributed by atoms with Gasteiger partial charge in [0.1, 0.15) is 5.75 Å². The Morgan fingerprint density at radius 2 is 1.57 bits per heavy atom. The molecule has 0 fully saturated rings. The molecule has 0 aliphatic rings. The fourth-order valence-electron chi connectivity index (χ4n) is 1.35. The standard InChI is InChI=1S/C12H11OP/c13-11-8-10(6-7-12(11)14)9-4-2-1-3-5-9/h1-8,13H,14H2. The maximum atomic E-state index is 9.54. The molecule has 70 valence electrons. The zero-order chi connectivity index (χ0) is 9.97. The van der Waals surface area contributed by atoms with Crippen molar-refractivity contribution in [2.45, 2.75) is 0 Å². The molecule has 14 heavy (non-hydrogen) atoms. The molecule has 0 aliphatic carbocycles. The largest absolute Gasteiger partial charge is 0.507 e. The predicted octanol–water partition coefficient (Wildman–Crippen LogP) is 2.56. The third-order valence-electron chi connectivity index (χ3n) is 2.14. The molecular weight excluding hydrogens is 191 g/mol. The highest BCUT2D eigenvalue weighted by Gasteiger charge is 1.99. The van der Waals surface area contributed by atoms with Crippen LogP contribution in [0, 0.1) is 0 Å². The minimum Gasteiger partial charge on any atom is -0.507 e. The van der Waals surface area contributed by atoms with Crippen LogP contribution in [0.1, 0.15) is 0 Å². The van der Waals surface area contributed by atoms with Crippen molar-refractivity contribution in [3.05, 3.63) is 48.5 Å². The van der Waals surface area contributed by atoms with Gasteiger partial charge in [0, 0.05) is 5.30 Å². The molecule has 0 saturated carbocycles. The first-order valence-corrected chi connectivity index (χ1v) is 4.99. The average molecular weight is 202 g/mol. The highest BCUT2D eigenvalue weighted by Crippen LogP contribution is 2.22. The molecule has 2 aromatic carbocycles. The number of phenols is 1. The Morgan fingerprint density at radius 3 is 2.21 bits per heavy atom. The van der Waals surface area contributed by atoms with Gasteiger partial charge in [0.15, 0.2) is 0 Å². The van der Waals surface area contributed by atoms with Crippen LogP contribution >= 0.6 is 9.24 Å². The van der Waals surface area contributed by atoms with E-state index in [-0.39, 0.29) is 0 Å². The molecule has 0 heterocycles. The third kappa shape index (κ3) is 1.78. The van der Waals surface area contributed by atoms with E-state index in [0.29, 0.717) is 5.75 Å². The summed E-state index contributed by atoms with van der Waals surface area (Å²) in [5.74, 6) is 0.316. The fraction of sp³-hybridized carbons (Fsp3) is 0. The van der Waals surface area contributed by atoms with Crippen molar-refractivity contribution in [1.29, 1.82) is 0 Å². The highest BCUT2D eigenvalue weighted by molar-refractivity contribution is 7.27. The van der Waals surface area contributed by atoms with E-state index in [1.54, 1.807) is 6.07 Å². The third-order valence-corrected chi connectivity index (χ3v) is 2.63. The molecule has 2 aromatic rings. The minimum atomic E-state index is 0.316. The first-order chi connectivity index (χ1) is 6.77. The minimum absolute atomic E-state index is 0.316. The zero-order valence-corrected chi connectivity index (χ0v) is 8.80. The van der Waals surface area contributed by atoms with Crippen molar-refractivity contribution in [2.75, 3.05) is 0 Å². The molecule has 1 unspecified atom stereocenters. The predicted molar refractivity (Wildman–Crippen MR) is 62.9 cm³/mol. The van der Waals surface area contributed by atoms with E-state index in [1.807, 2.05) is 42.5 Å². The van der Waals surface area contributed by atoms with Gasteiger partial charge in [-0.2, -0.15) is 0 Å². The second-order valence-corrected chi connectivity index (χ2v) is 3.76. The van der Waals surface area contributed by atoms with E-state index in [9.17, 15) is 5.11 Å². The number of phenolic OH excluding ortho intramolecular Hbond substituents is 1. The van der Waals surface area contributed by atoms with Crippen LogP contribution in [-0.4, -0.2) is 5.11 Å². The average Bonchev–Trinajstić information content (AvgIpc) is 2.23. The van der Waals surface area contributed by atoms with Gasteiger partial charge < -0.3 is 5.11 Å². The molecule has 1 N–H and O–H groups in total. The van der Waals surface area contributed by atoms with Crippen LogP contribution in [0.5, 0.6) is 5.75 Å². The molecule has 0 spiro atoms. The summed E-state index contributed by atoms with van der Waals surface area (Å²) in [4.78, 5) is 0. The molecule has 0 bridgehead atoms. The van der Waals surface area contributed by atoms with Crippen LogP contribution in [0.4, 0.5) is 0 Å². The smallest absolute Gasteiger partial charge is 0.123 e. The van der Waals surface area contributed by atoms with Gasteiger partial charge >= 0.3 is 0 Å². The first kappa shape index (κ1) is 9.23. The Hall–Kier alpha value is -1.33. The maximum absolute atomic E-state index is 9.54. The molecule has 0 aromatic heterocycles. The maximum Gasteiger partial charge on any atom is 0.123 e. The van der Waals surface area contributed by atoms with Crippen LogP contribution < -0.4 is 5.30 Å². The molecule has 0 saturated heterocycles. The van der Waals surface area contributed by atoms with Gasteiger partial charge in [0.25, 0.3) is 0 Å². The lowest BCUT2D eigenvalue weighted by molar-refractivity contribution is 0.480.